The fourth-order valence-electron chi connectivity index (χ4n) is 0.626. The van der Waals surface area contributed by atoms with Crippen LogP contribution in [0.3, 0.4) is 0 Å². The summed E-state index contributed by atoms with van der Waals surface area (Å²) < 4.78 is 51.6. The van der Waals surface area contributed by atoms with Gasteiger partial charge in [-0.1, -0.05) is 0 Å². The van der Waals surface area contributed by atoms with Crippen molar-refractivity contribution in [2.75, 3.05) is 0 Å². The summed E-state index contributed by atoms with van der Waals surface area (Å²) in [4.78, 5) is 3.26. The van der Waals surface area contributed by atoms with E-state index in [0.29, 0.717) is 0 Å². The summed E-state index contributed by atoms with van der Waals surface area (Å²) in [5.41, 5.74) is 0. The van der Waals surface area contributed by atoms with Gasteiger partial charge >= 0.3 is 6.36 Å². The molecule has 0 aliphatic carbocycles. The normalized spacial score (nSPS) is 11.6. The van der Waals surface area contributed by atoms with Crippen LogP contribution in [0.5, 0.6) is 5.88 Å². The number of hydrogen-bond donors (Lipinski definition) is 0. The maximum absolute atomic E-state index is 13.0. The molecule has 1 aromatic heterocycles. The molecular weight excluding hydrogens is 385 g/mol. The molecule has 0 spiro atoms. The lowest BCUT2D eigenvalue weighted by Crippen LogP contribution is -2.19. The van der Waals surface area contributed by atoms with Crippen molar-refractivity contribution in [2.24, 2.45) is 0 Å². The van der Waals surface area contributed by atoms with E-state index in [1.54, 1.807) is 22.6 Å². The Bertz CT molecular complexity index is 356. The molecule has 8 heteroatoms. The van der Waals surface area contributed by atoms with E-state index < -0.39 is 18.1 Å². The van der Waals surface area contributed by atoms with Crippen molar-refractivity contribution in [3.63, 3.8) is 0 Å². The van der Waals surface area contributed by atoms with E-state index in [-0.39, 0.29) is 8.17 Å². The standard InChI is InChI=1S/C6HBrF4INO/c7-2-1-3(12)13-5(4(2)8)14-6(9,10)11/h1H. The molecule has 0 amide bonds. The minimum atomic E-state index is -4.95. The monoisotopic (exact) mass is 385 g/mol. The summed E-state index contributed by atoms with van der Waals surface area (Å²) in [6, 6.07) is 1.24. The molecule has 2 nitrogen and oxygen atoms in total. The second-order valence-corrected chi connectivity index (χ2v) is 4.05. The zero-order valence-corrected chi connectivity index (χ0v) is 9.94. The van der Waals surface area contributed by atoms with E-state index in [1.165, 1.54) is 6.07 Å². The average molecular weight is 386 g/mol. The Hall–Kier alpha value is -0.120. The molecule has 0 unspecified atom stereocenters. The highest BCUT2D eigenvalue weighted by Crippen LogP contribution is 2.29. The van der Waals surface area contributed by atoms with E-state index in [2.05, 4.69) is 25.7 Å². The molecule has 0 aliphatic rings. The fourth-order valence-corrected chi connectivity index (χ4v) is 1.97. The second-order valence-electron chi connectivity index (χ2n) is 2.09. The maximum Gasteiger partial charge on any atom is 0.574 e. The van der Waals surface area contributed by atoms with Crippen molar-refractivity contribution < 1.29 is 22.3 Å². The molecule has 1 rings (SSSR count). The van der Waals surface area contributed by atoms with Crippen molar-refractivity contribution in [3.8, 4) is 5.88 Å². The number of halogens is 6. The molecule has 14 heavy (non-hydrogen) atoms. The van der Waals surface area contributed by atoms with Crippen LogP contribution < -0.4 is 4.74 Å². The molecule has 0 N–H and O–H groups in total. The highest BCUT2D eigenvalue weighted by molar-refractivity contribution is 14.1. The van der Waals surface area contributed by atoms with Crippen molar-refractivity contribution in [1.82, 2.24) is 4.98 Å². The number of aromatic nitrogens is 1. The van der Waals surface area contributed by atoms with Crippen molar-refractivity contribution in [3.05, 3.63) is 20.1 Å². The lowest BCUT2D eigenvalue weighted by atomic mass is 10.5. The number of ether oxygens (including phenoxy) is 1. The summed E-state index contributed by atoms with van der Waals surface area (Å²) in [6.07, 6.45) is -4.95. The number of rotatable bonds is 1. The number of hydrogen-bond acceptors (Lipinski definition) is 2. The first-order valence-electron chi connectivity index (χ1n) is 3.07. The highest BCUT2D eigenvalue weighted by atomic mass is 127. The van der Waals surface area contributed by atoms with Gasteiger partial charge in [0.25, 0.3) is 5.88 Å². The van der Waals surface area contributed by atoms with Crippen LogP contribution in [0.15, 0.2) is 10.5 Å². The third-order valence-electron chi connectivity index (χ3n) is 1.06. The molecule has 0 bridgehead atoms. The first-order chi connectivity index (χ1) is 6.29. The molecule has 1 aromatic rings. The van der Waals surface area contributed by atoms with Gasteiger partial charge in [-0.05, 0) is 44.6 Å². The quantitative estimate of drug-likeness (QED) is 0.419. The van der Waals surface area contributed by atoms with E-state index in [0.717, 1.165) is 0 Å². The van der Waals surface area contributed by atoms with Crippen LogP contribution in [-0.4, -0.2) is 11.3 Å². The van der Waals surface area contributed by atoms with Crippen LogP contribution in [0.1, 0.15) is 0 Å². The topological polar surface area (TPSA) is 22.1 Å². The van der Waals surface area contributed by atoms with Gasteiger partial charge in [-0.15, -0.1) is 13.2 Å². The minimum absolute atomic E-state index is 0.129. The summed E-state index contributed by atoms with van der Waals surface area (Å²) in [5.74, 6) is -2.26. The molecular formula is C6HBrF4INO. The van der Waals surface area contributed by atoms with Crippen LogP contribution in [0.2, 0.25) is 0 Å². The average Bonchev–Trinajstić information content (AvgIpc) is 1.96. The van der Waals surface area contributed by atoms with Gasteiger partial charge in [0.15, 0.2) is 5.82 Å². The van der Waals surface area contributed by atoms with Gasteiger partial charge in [-0.3, -0.25) is 0 Å². The van der Waals surface area contributed by atoms with E-state index in [4.69, 9.17) is 0 Å². The maximum atomic E-state index is 13.0. The first kappa shape index (κ1) is 12.0. The Labute approximate surface area is 97.9 Å². The number of pyridine rings is 1. The van der Waals surface area contributed by atoms with Crippen LogP contribution in [0.4, 0.5) is 17.6 Å². The Balaban J connectivity index is 3.09. The van der Waals surface area contributed by atoms with Gasteiger partial charge in [0.1, 0.15) is 3.70 Å². The van der Waals surface area contributed by atoms with Crippen LogP contribution in [-0.2, 0) is 0 Å². The van der Waals surface area contributed by atoms with E-state index in [1.807, 2.05) is 0 Å². The summed E-state index contributed by atoms with van der Waals surface area (Å²) in [5, 5.41) is 0. The fraction of sp³-hybridized carbons (Fsp3) is 0.167. The lowest BCUT2D eigenvalue weighted by molar-refractivity contribution is -0.277. The summed E-state index contributed by atoms with van der Waals surface area (Å²) in [6.45, 7) is 0. The van der Waals surface area contributed by atoms with E-state index >= 15 is 0 Å². The molecule has 0 aromatic carbocycles. The minimum Gasteiger partial charge on any atom is -0.385 e. The number of alkyl halides is 3. The van der Waals surface area contributed by atoms with Crippen LogP contribution >= 0.6 is 38.5 Å². The van der Waals surface area contributed by atoms with Crippen LogP contribution in [0.25, 0.3) is 0 Å². The van der Waals surface area contributed by atoms with Crippen molar-refractivity contribution in [2.45, 2.75) is 6.36 Å². The Morgan fingerprint density at radius 3 is 2.50 bits per heavy atom. The smallest absolute Gasteiger partial charge is 0.385 e. The molecule has 78 valence electrons. The second kappa shape index (κ2) is 4.17. The van der Waals surface area contributed by atoms with Gasteiger partial charge in [0.2, 0.25) is 0 Å². The molecule has 0 aliphatic heterocycles. The first-order valence-corrected chi connectivity index (χ1v) is 4.94. The lowest BCUT2D eigenvalue weighted by Gasteiger charge is -2.09. The molecule has 0 atom stereocenters. The molecule has 1 heterocycles. The zero-order valence-electron chi connectivity index (χ0n) is 6.20. The van der Waals surface area contributed by atoms with Gasteiger partial charge in [-0.25, -0.2) is 4.98 Å². The zero-order chi connectivity index (χ0) is 10.9. The SMILES string of the molecule is Fc1c(Br)cc(I)nc1OC(F)(F)F. The van der Waals surface area contributed by atoms with Gasteiger partial charge in [0, 0.05) is 0 Å². The molecule has 0 radical (unpaired) electrons. The highest BCUT2D eigenvalue weighted by Gasteiger charge is 2.33. The van der Waals surface area contributed by atoms with Gasteiger partial charge < -0.3 is 4.74 Å². The van der Waals surface area contributed by atoms with Gasteiger partial charge in [-0.2, -0.15) is 4.39 Å². The molecule has 0 saturated carbocycles. The van der Waals surface area contributed by atoms with Crippen molar-refractivity contribution >= 4 is 38.5 Å². The third kappa shape index (κ3) is 3.23. The predicted molar refractivity (Wildman–Crippen MR) is 51.3 cm³/mol. The summed E-state index contributed by atoms with van der Waals surface area (Å²) in [7, 11) is 0. The Morgan fingerprint density at radius 2 is 2.00 bits per heavy atom. The van der Waals surface area contributed by atoms with Crippen LogP contribution in [0, 0.1) is 9.52 Å². The van der Waals surface area contributed by atoms with E-state index in [9.17, 15) is 17.6 Å². The van der Waals surface area contributed by atoms with Crippen molar-refractivity contribution in [1.29, 1.82) is 0 Å². The third-order valence-corrected chi connectivity index (χ3v) is 2.19. The molecule has 0 saturated heterocycles. The largest absolute Gasteiger partial charge is 0.574 e. The Kier molecular flexibility index (Phi) is 3.56. The summed E-state index contributed by atoms with van der Waals surface area (Å²) >= 11 is 4.38. The molecule has 0 fully saturated rings. The number of nitrogens with zero attached hydrogens (tertiary/aromatic N) is 1. The predicted octanol–water partition coefficient (Wildman–Crippen LogP) is 3.49. The van der Waals surface area contributed by atoms with Gasteiger partial charge in [0.05, 0.1) is 4.47 Å². The Morgan fingerprint density at radius 1 is 1.43 bits per heavy atom.